The Morgan fingerprint density at radius 2 is 2.05 bits per heavy atom. The summed E-state index contributed by atoms with van der Waals surface area (Å²) in [6.07, 6.45) is 1.40. The van der Waals surface area contributed by atoms with Crippen molar-refractivity contribution in [3.05, 3.63) is 61.8 Å². The molecule has 0 unspecified atom stereocenters. The van der Waals surface area contributed by atoms with Gasteiger partial charge in [0.1, 0.15) is 10.7 Å². The van der Waals surface area contributed by atoms with Gasteiger partial charge in [-0.2, -0.15) is 5.26 Å². The van der Waals surface area contributed by atoms with Gasteiger partial charge in [-0.3, -0.25) is 10.1 Å². The van der Waals surface area contributed by atoms with E-state index in [0.29, 0.717) is 15.6 Å². The van der Waals surface area contributed by atoms with Gasteiger partial charge < -0.3 is 4.42 Å². The molecule has 0 aliphatic rings. The molecule has 0 saturated carbocycles. The highest BCUT2D eigenvalue weighted by atomic mass is 35.5. The summed E-state index contributed by atoms with van der Waals surface area (Å²) in [5, 5.41) is 20.4. The SMILES string of the molecule is N#C/C(=C/c1ccc([N+](=O)[O-])o1)c1ccc(Cl)c(Cl)c1. The Labute approximate surface area is 123 Å². The second-order valence-electron chi connectivity index (χ2n) is 3.73. The van der Waals surface area contributed by atoms with Gasteiger partial charge in [0.25, 0.3) is 0 Å². The standard InChI is InChI=1S/C13H6Cl2N2O3/c14-11-3-1-8(6-12(11)15)9(7-16)5-10-2-4-13(20-10)17(18)19/h1-6H/b9-5-. The van der Waals surface area contributed by atoms with Crippen molar-refractivity contribution in [3.63, 3.8) is 0 Å². The molecule has 0 N–H and O–H groups in total. The second-order valence-corrected chi connectivity index (χ2v) is 4.55. The Kier molecular flexibility index (Phi) is 4.08. The van der Waals surface area contributed by atoms with Crippen LogP contribution in [0.2, 0.25) is 10.0 Å². The summed E-state index contributed by atoms with van der Waals surface area (Å²) in [6, 6.07) is 9.34. The lowest BCUT2D eigenvalue weighted by molar-refractivity contribution is -0.402. The number of allylic oxidation sites excluding steroid dienone is 1. The minimum Gasteiger partial charge on any atom is -0.401 e. The minimum atomic E-state index is -0.650. The molecule has 2 aromatic rings. The molecule has 0 aliphatic carbocycles. The van der Waals surface area contributed by atoms with Crippen molar-refractivity contribution in [3.8, 4) is 6.07 Å². The molecule has 0 saturated heterocycles. The van der Waals surface area contributed by atoms with E-state index in [-0.39, 0.29) is 17.2 Å². The number of nitro groups is 1. The highest BCUT2D eigenvalue weighted by molar-refractivity contribution is 6.42. The van der Waals surface area contributed by atoms with Crippen molar-refractivity contribution >= 4 is 40.7 Å². The zero-order valence-corrected chi connectivity index (χ0v) is 11.4. The number of nitrogens with zero attached hydrogens (tertiary/aromatic N) is 2. The first-order valence-electron chi connectivity index (χ1n) is 5.32. The Morgan fingerprint density at radius 1 is 1.30 bits per heavy atom. The summed E-state index contributed by atoms with van der Waals surface area (Å²) < 4.78 is 4.97. The van der Waals surface area contributed by atoms with Gasteiger partial charge in [-0.05, 0) is 29.8 Å². The third kappa shape index (κ3) is 2.99. The average Bonchev–Trinajstić information content (AvgIpc) is 2.88. The van der Waals surface area contributed by atoms with Gasteiger partial charge in [0.05, 0.1) is 27.8 Å². The van der Waals surface area contributed by atoms with Crippen LogP contribution in [0.5, 0.6) is 0 Å². The smallest absolute Gasteiger partial charge is 0.401 e. The summed E-state index contributed by atoms with van der Waals surface area (Å²) in [5.41, 5.74) is 0.800. The number of rotatable bonds is 3. The third-order valence-electron chi connectivity index (χ3n) is 2.43. The second kappa shape index (κ2) is 5.78. The van der Waals surface area contributed by atoms with E-state index in [9.17, 15) is 10.1 Å². The van der Waals surface area contributed by atoms with Crippen molar-refractivity contribution in [1.82, 2.24) is 0 Å². The summed E-state index contributed by atoms with van der Waals surface area (Å²) in [5.74, 6) is -0.179. The predicted molar refractivity (Wildman–Crippen MR) is 75.3 cm³/mol. The van der Waals surface area contributed by atoms with E-state index in [1.807, 2.05) is 6.07 Å². The van der Waals surface area contributed by atoms with Gasteiger partial charge in [0.15, 0.2) is 0 Å². The maximum atomic E-state index is 10.5. The van der Waals surface area contributed by atoms with Crippen molar-refractivity contribution in [2.45, 2.75) is 0 Å². The molecule has 0 spiro atoms. The van der Waals surface area contributed by atoms with Gasteiger partial charge >= 0.3 is 5.88 Å². The lowest BCUT2D eigenvalue weighted by atomic mass is 10.1. The van der Waals surface area contributed by atoms with Crippen molar-refractivity contribution < 1.29 is 9.34 Å². The molecule has 20 heavy (non-hydrogen) atoms. The Bertz CT molecular complexity index is 744. The molecule has 0 fully saturated rings. The zero-order valence-electron chi connectivity index (χ0n) is 9.84. The van der Waals surface area contributed by atoms with Gasteiger partial charge in [-0.15, -0.1) is 0 Å². The number of furan rings is 1. The topological polar surface area (TPSA) is 80.1 Å². The molecule has 1 aromatic heterocycles. The normalized spacial score (nSPS) is 11.2. The first-order chi connectivity index (χ1) is 9.51. The van der Waals surface area contributed by atoms with Crippen LogP contribution in [0, 0.1) is 21.4 Å². The number of benzene rings is 1. The minimum absolute atomic E-state index is 0.208. The lowest BCUT2D eigenvalue weighted by Crippen LogP contribution is -1.83. The van der Waals surface area contributed by atoms with Crippen LogP contribution < -0.4 is 0 Å². The van der Waals surface area contributed by atoms with Crippen molar-refractivity contribution in [2.75, 3.05) is 0 Å². The third-order valence-corrected chi connectivity index (χ3v) is 3.17. The fourth-order valence-electron chi connectivity index (χ4n) is 1.50. The summed E-state index contributed by atoms with van der Waals surface area (Å²) in [7, 11) is 0. The van der Waals surface area contributed by atoms with Gasteiger partial charge in [-0.25, -0.2) is 0 Å². The van der Waals surface area contributed by atoms with E-state index >= 15 is 0 Å². The molecule has 0 atom stereocenters. The molecule has 2 rings (SSSR count). The van der Waals surface area contributed by atoms with Crippen LogP contribution in [-0.2, 0) is 0 Å². The molecular weight excluding hydrogens is 303 g/mol. The van der Waals surface area contributed by atoms with E-state index in [1.54, 1.807) is 12.1 Å². The zero-order chi connectivity index (χ0) is 14.7. The Morgan fingerprint density at radius 3 is 2.60 bits per heavy atom. The van der Waals surface area contributed by atoms with Crippen LogP contribution >= 0.6 is 23.2 Å². The van der Waals surface area contributed by atoms with Crippen LogP contribution in [-0.4, -0.2) is 4.92 Å². The van der Waals surface area contributed by atoms with Crippen molar-refractivity contribution in [2.24, 2.45) is 0 Å². The number of hydrogen-bond acceptors (Lipinski definition) is 4. The maximum absolute atomic E-state index is 10.5. The molecule has 0 bridgehead atoms. The monoisotopic (exact) mass is 308 g/mol. The molecule has 7 heteroatoms. The first-order valence-corrected chi connectivity index (χ1v) is 6.08. The molecule has 0 radical (unpaired) electrons. The van der Waals surface area contributed by atoms with E-state index < -0.39 is 4.92 Å². The summed E-state index contributed by atoms with van der Waals surface area (Å²) in [4.78, 5) is 9.87. The number of halogens is 2. The van der Waals surface area contributed by atoms with Crippen LogP contribution in [0.25, 0.3) is 11.6 Å². The van der Waals surface area contributed by atoms with Crippen molar-refractivity contribution in [1.29, 1.82) is 5.26 Å². The van der Waals surface area contributed by atoms with Crippen LogP contribution in [0.3, 0.4) is 0 Å². The lowest BCUT2D eigenvalue weighted by Gasteiger charge is -2.01. The van der Waals surface area contributed by atoms with Crippen LogP contribution in [0.1, 0.15) is 11.3 Å². The predicted octanol–water partition coefficient (Wildman–Crippen LogP) is 4.56. The van der Waals surface area contributed by atoms with Gasteiger partial charge in [0, 0.05) is 0 Å². The maximum Gasteiger partial charge on any atom is 0.433 e. The Balaban J connectivity index is 2.40. The number of nitriles is 1. The van der Waals surface area contributed by atoms with E-state index in [2.05, 4.69) is 0 Å². The highest BCUT2D eigenvalue weighted by Crippen LogP contribution is 2.27. The molecule has 0 aliphatic heterocycles. The average molecular weight is 309 g/mol. The fourth-order valence-corrected chi connectivity index (χ4v) is 1.80. The molecule has 1 heterocycles. The molecule has 1 aromatic carbocycles. The van der Waals surface area contributed by atoms with Gasteiger partial charge in [0.2, 0.25) is 0 Å². The quantitative estimate of drug-likeness (QED) is 0.473. The largest absolute Gasteiger partial charge is 0.433 e. The van der Waals surface area contributed by atoms with E-state index in [4.69, 9.17) is 32.9 Å². The summed E-state index contributed by atoms with van der Waals surface area (Å²) >= 11 is 11.7. The fraction of sp³-hybridized carbons (Fsp3) is 0. The van der Waals surface area contributed by atoms with E-state index in [1.165, 1.54) is 24.3 Å². The van der Waals surface area contributed by atoms with Crippen LogP contribution in [0.15, 0.2) is 34.7 Å². The van der Waals surface area contributed by atoms with E-state index in [0.717, 1.165) is 0 Å². The summed E-state index contributed by atoms with van der Waals surface area (Å²) in [6.45, 7) is 0. The van der Waals surface area contributed by atoms with Crippen LogP contribution in [0.4, 0.5) is 5.88 Å². The molecular formula is C13H6Cl2N2O3. The molecule has 5 nitrogen and oxygen atoms in total. The molecule has 0 amide bonds. The van der Waals surface area contributed by atoms with Gasteiger partial charge in [-0.1, -0.05) is 29.3 Å². The Hall–Kier alpha value is -2.29. The first kappa shape index (κ1) is 14.1. The highest BCUT2D eigenvalue weighted by Gasteiger charge is 2.12. The molecule has 100 valence electrons. The number of hydrogen-bond donors (Lipinski definition) is 0.